The van der Waals surface area contributed by atoms with Crippen LogP contribution < -0.4 is 0 Å². The smallest absolute Gasteiger partial charge is 0.237 e. The molecule has 2 atom stereocenters. The minimum atomic E-state index is -0.650. The highest BCUT2D eigenvalue weighted by Gasteiger charge is 2.51. The van der Waals surface area contributed by atoms with Gasteiger partial charge in [-0.25, -0.2) is 0 Å². The summed E-state index contributed by atoms with van der Waals surface area (Å²) in [6.45, 7) is 2.07. The van der Waals surface area contributed by atoms with Crippen LogP contribution in [0.25, 0.3) is 0 Å². The maximum Gasteiger partial charge on any atom is 0.237 e. The molecule has 21 heavy (non-hydrogen) atoms. The van der Waals surface area contributed by atoms with Gasteiger partial charge < -0.3 is 10.0 Å². The minimum absolute atomic E-state index is 0.117. The molecule has 0 bridgehead atoms. The SMILES string of the molecule is CC1CC(c2ccccc2)(c2ccc(O)cc2)C(=O)N1C. The number of hydrogen-bond acceptors (Lipinski definition) is 2. The lowest BCUT2D eigenvalue weighted by Gasteiger charge is -2.28. The molecule has 0 radical (unpaired) electrons. The number of nitrogens with zero attached hydrogens (tertiary/aromatic N) is 1. The molecule has 1 fully saturated rings. The van der Waals surface area contributed by atoms with Gasteiger partial charge in [-0.05, 0) is 36.6 Å². The first-order valence-corrected chi connectivity index (χ1v) is 7.18. The first-order chi connectivity index (χ1) is 10.1. The number of amides is 1. The lowest BCUT2D eigenvalue weighted by molar-refractivity contribution is -0.130. The average molecular weight is 281 g/mol. The molecule has 1 heterocycles. The molecule has 1 amide bonds. The third-order valence-corrected chi connectivity index (χ3v) is 4.57. The molecule has 2 aromatic rings. The number of benzene rings is 2. The molecule has 1 N–H and O–H groups in total. The largest absolute Gasteiger partial charge is 0.508 e. The summed E-state index contributed by atoms with van der Waals surface area (Å²) in [5.41, 5.74) is 1.30. The Kier molecular flexibility index (Phi) is 3.20. The Bertz CT molecular complexity index is 651. The van der Waals surface area contributed by atoms with E-state index in [1.807, 2.05) is 54.4 Å². The fourth-order valence-electron chi connectivity index (χ4n) is 3.29. The van der Waals surface area contributed by atoms with Gasteiger partial charge in [0, 0.05) is 13.1 Å². The number of phenolic OH excluding ortho intramolecular Hbond substituents is 1. The summed E-state index contributed by atoms with van der Waals surface area (Å²) in [5, 5.41) is 9.53. The van der Waals surface area contributed by atoms with E-state index in [9.17, 15) is 9.90 Å². The highest BCUT2D eigenvalue weighted by atomic mass is 16.3. The summed E-state index contributed by atoms with van der Waals surface area (Å²) >= 11 is 0. The number of likely N-dealkylation sites (tertiary alicyclic amines) is 1. The molecule has 0 saturated carbocycles. The van der Waals surface area contributed by atoms with Gasteiger partial charge in [0.25, 0.3) is 0 Å². The molecule has 3 rings (SSSR count). The maximum atomic E-state index is 13.0. The van der Waals surface area contributed by atoms with Gasteiger partial charge in [0.05, 0.1) is 0 Å². The van der Waals surface area contributed by atoms with E-state index in [4.69, 9.17) is 0 Å². The second-order valence-electron chi connectivity index (χ2n) is 5.79. The van der Waals surface area contributed by atoms with Crippen molar-refractivity contribution in [3.8, 4) is 5.75 Å². The molecule has 3 heteroatoms. The Morgan fingerprint density at radius 3 is 2.14 bits per heavy atom. The highest BCUT2D eigenvalue weighted by Crippen LogP contribution is 2.44. The lowest BCUT2D eigenvalue weighted by Crippen LogP contribution is -2.37. The van der Waals surface area contributed by atoms with Crippen LogP contribution in [0.2, 0.25) is 0 Å². The van der Waals surface area contributed by atoms with E-state index in [2.05, 4.69) is 6.92 Å². The highest BCUT2D eigenvalue weighted by molar-refractivity contribution is 5.94. The second kappa shape index (κ2) is 4.92. The van der Waals surface area contributed by atoms with Crippen molar-refractivity contribution in [2.45, 2.75) is 24.8 Å². The summed E-state index contributed by atoms with van der Waals surface area (Å²) < 4.78 is 0. The van der Waals surface area contributed by atoms with E-state index in [-0.39, 0.29) is 17.7 Å². The molecule has 0 spiro atoms. The molecular formula is C18H19NO2. The predicted octanol–water partition coefficient (Wildman–Crippen LogP) is 2.93. The van der Waals surface area contributed by atoms with Crippen LogP contribution in [0.5, 0.6) is 5.75 Å². The molecule has 0 aromatic heterocycles. The fourth-order valence-corrected chi connectivity index (χ4v) is 3.29. The van der Waals surface area contributed by atoms with Crippen molar-refractivity contribution in [2.24, 2.45) is 0 Å². The van der Waals surface area contributed by atoms with E-state index in [0.29, 0.717) is 0 Å². The standard InChI is InChI=1S/C18H19NO2/c1-13-12-18(17(21)19(13)2,14-6-4-3-5-7-14)15-8-10-16(20)11-9-15/h3-11,13,20H,12H2,1-2H3. The van der Waals surface area contributed by atoms with E-state index in [1.165, 1.54) is 0 Å². The van der Waals surface area contributed by atoms with Crippen molar-refractivity contribution < 1.29 is 9.90 Å². The van der Waals surface area contributed by atoms with Gasteiger partial charge in [0.1, 0.15) is 11.2 Å². The quantitative estimate of drug-likeness (QED) is 0.919. The Hall–Kier alpha value is -2.29. The molecule has 1 aliphatic rings. The fraction of sp³-hybridized carbons (Fsp3) is 0.278. The first-order valence-electron chi connectivity index (χ1n) is 7.18. The molecule has 3 nitrogen and oxygen atoms in total. The van der Waals surface area contributed by atoms with Crippen LogP contribution in [-0.2, 0) is 10.2 Å². The van der Waals surface area contributed by atoms with Crippen molar-refractivity contribution in [3.63, 3.8) is 0 Å². The molecular weight excluding hydrogens is 262 g/mol. The average Bonchev–Trinajstić information content (AvgIpc) is 2.74. The number of carbonyl (C=O) groups is 1. The van der Waals surface area contributed by atoms with E-state index >= 15 is 0 Å². The van der Waals surface area contributed by atoms with E-state index in [0.717, 1.165) is 17.5 Å². The summed E-state index contributed by atoms with van der Waals surface area (Å²) in [4.78, 5) is 14.8. The van der Waals surface area contributed by atoms with Crippen molar-refractivity contribution in [1.82, 2.24) is 4.90 Å². The third-order valence-electron chi connectivity index (χ3n) is 4.57. The van der Waals surface area contributed by atoms with Gasteiger partial charge >= 0.3 is 0 Å². The summed E-state index contributed by atoms with van der Waals surface area (Å²) in [6.07, 6.45) is 0.747. The van der Waals surface area contributed by atoms with Gasteiger partial charge in [-0.3, -0.25) is 4.79 Å². The number of likely N-dealkylation sites (N-methyl/N-ethyl adjacent to an activating group) is 1. The molecule has 1 aliphatic heterocycles. The Morgan fingerprint density at radius 1 is 1.05 bits per heavy atom. The van der Waals surface area contributed by atoms with Crippen LogP contribution in [0.15, 0.2) is 54.6 Å². The summed E-state index contributed by atoms with van der Waals surface area (Å²) in [6, 6.07) is 17.1. The van der Waals surface area contributed by atoms with Crippen molar-refractivity contribution in [1.29, 1.82) is 0 Å². The van der Waals surface area contributed by atoms with Crippen LogP contribution in [0.3, 0.4) is 0 Å². The zero-order chi connectivity index (χ0) is 15.0. The topological polar surface area (TPSA) is 40.5 Å². The molecule has 2 unspecified atom stereocenters. The van der Waals surface area contributed by atoms with Crippen LogP contribution in [0.4, 0.5) is 0 Å². The Morgan fingerprint density at radius 2 is 1.62 bits per heavy atom. The molecule has 1 saturated heterocycles. The number of hydrogen-bond donors (Lipinski definition) is 1. The molecule has 108 valence electrons. The van der Waals surface area contributed by atoms with E-state index < -0.39 is 5.41 Å². The van der Waals surface area contributed by atoms with Gasteiger partial charge in [0.15, 0.2) is 0 Å². The number of aromatic hydroxyl groups is 1. The molecule has 0 aliphatic carbocycles. The predicted molar refractivity (Wildman–Crippen MR) is 82.2 cm³/mol. The van der Waals surface area contributed by atoms with Crippen molar-refractivity contribution in [2.75, 3.05) is 7.05 Å². The van der Waals surface area contributed by atoms with Crippen molar-refractivity contribution in [3.05, 3.63) is 65.7 Å². The Labute approximate surface area is 124 Å². The minimum Gasteiger partial charge on any atom is -0.508 e. The van der Waals surface area contributed by atoms with E-state index in [1.54, 1.807) is 12.1 Å². The monoisotopic (exact) mass is 281 g/mol. The van der Waals surface area contributed by atoms with Crippen LogP contribution in [-0.4, -0.2) is 29.0 Å². The number of phenols is 1. The summed E-state index contributed by atoms with van der Waals surface area (Å²) in [5.74, 6) is 0.334. The third kappa shape index (κ3) is 2.00. The van der Waals surface area contributed by atoms with Gasteiger partial charge in [0.2, 0.25) is 5.91 Å². The Balaban J connectivity index is 2.21. The van der Waals surface area contributed by atoms with Gasteiger partial charge in [-0.15, -0.1) is 0 Å². The molecule has 2 aromatic carbocycles. The van der Waals surface area contributed by atoms with Gasteiger partial charge in [-0.2, -0.15) is 0 Å². The van der Waals surface area contributed by atoms with Crippen LogP contribution >= 0.6 is 0 Å². The first kappa shape index (κ1) is 13.7. The summed E-state index contributed by atoms with van der Waals surface area (Å²) in [7, 11) is 1.86. The normalized spacial score (nSPS) is 25.3. The zero-order valence-corrected chi connectivity index (χ0v) is 12.3. The maximum absolute atomic E-state index is 13.0. The lowest BCUT2D eigenvalue weighted by atomic mass is 9.72. The second-order valence-corrected chi connectivity index (χ2v) is 5.79. The van der Waals surface area contributed by atoms with Gasteiger partial charge in [-0.1, -0.05) is 42.5 Å². The van der Waals surface area contributed by atoms with Crippen LogP contribution in [0, 0.1) is 0 Å². The zero-order valence-electron chi connectivity index (χ0n) is 12.3. The number of rotatable bonds is 2. The van der Waals surface area contributed by atoms with Crippen molar-refractivity contribution >= 4 is 5.91 Å². The number of carbonyl (C=O) groups excluding carboxylic acids is 1. The van der Waals surface area contributed by atoms with Crippen LogP contribution in [0.1, 0.15) is 24.5 Å².